The van der Waals surface area contributed by atoms with E-state index < -0.39 is 0 Å². The number of thiazole rings is 1. The van der Waals surface area contributed by atoms with Gasteiger partial charge in [0.15, 0.2) is 0 Å². The van der Waals surface area contributed by atoms with E-state index >= 15 is 0 Å². The van der Waals surface area contributed by atoms with Gasteiger partial charge < -0.3 is 15.0 Å². The summed E-state index contributed by atoms with van der Waals surface area (Å²) >= 11 is 1.62. The van der Waals surface area contributed by atoms with Crippen molar-refractivity contribution in [3.8, 4) is 5.75 Å². The Hall–Kier alpha value is -3.13. The molecule has 0 bridgehead atoms. The van der Waals surface area contributed by atoms with Gasteiger partial charge in [0, 0.05) is 24.5 Å². The van der Waals surface area contributed by atoms with Crippen molar-refractivity contribution in [3.05, 3.63) is 47.5 Å². The van der Waals surface area contributed by atoms with Crippen molar-refractivity contribution in [1.82, 2.24) is 9.88 Å². The lowest BCUT2D eigenvalue weighted by atomic mass is 10.3. The third-order valence-corrected chi connectivity index (χ3v) is 5.62. The van der Waals surface area contributed by atoms with Crippen LogP contribution in [0.3, 0.4) is 0 Å². The van der Waals surface area contributed by atoms with Gasteiger partial charge >= 0.3 is 6.03 Å². The van der Waals surface area contributed by atoms with Crippen LogP contribution in [0.15, 0.2) is 42.5 Å². The van der Waals surface area contributed by atoms with Crippen LogP contribution in [0.25, 0.3) is 10.2 Å². The van der Waals surface area contributed by atoms with Gasteiger partial charge in [-0.15, -0.1) is 11.3 Å². The molecule has 7 nitrogen and oxygen atoms in total. The first-order valence-corrected chi connectivity index (χ1v) is 10.3. The summed E-state index contributed by atoms with van der Waals surface area (Å²) in [6, 6.07) is 12.9. The molecule has 1 aromatic heterocycles. The van der Waals surface area contributed by atoms with Gasteiger partial charge in [0.25, 0.3) is 0 Å². The lowest BCUT2D eigenvalue weighted by molar-refractivity contribution is -0.116. The van der Waals surface area contributed by atoms with Crippen LogP contribution >= 0.6 is 11.3 Å². The first-order chi connectivity index (χ1) is 14.0. The van der Waals surface area contributed by atoms with Crippen LogP contribution in [0, 0.1) is 6.92 Å². The summed E-state index contributed by atoms with van der Waals surface area (Å²) in [5, 5.41) is 3.85. The third-order valence-electron chi connectivity index (χ3n) is 4.67. The van der Waals surface area contributed by atoms with Crippen LogP contribution < -0.4 is 15.0 Å². The molecule has 0 spiro atoms. The Morgan fingerprint density at radius 1 is 1.21 bits per heavy atom. The largest absolute Gasteiger partial charge is 0.494 e. The summed E-state index contributed by atoms with van der Waals surface area (Å²) in [6.07, 6.45) is 0. The van der Waals surface area contributed by atoms with Gasteiger partial charge in [0.05, 0.1) is 21.8 Å². The van der Waals surface area contributed by atoms with Gasteiger partial charge in [-0.25, -0.2) is 9.78 Å². The molecular formula is C21H22N4O3S. The second-order valence-electron chi connectivity index (χ2n) is 6.75. The number of rotatable bonds is 6. The number of benzene rings is 2. The summed E-state index contributed by atoms with van der Waals surface area (Å²) in [7, 11) is 0. The van der Waals surface area contributed by atoms with Crippen molar-refractivity contribution in [2.75, 3.05) is 36.5 Å². The Balaban J connectivity index is 1.37. The molecule has 0 unspecified atom stereocenters. The maximum atomic E-state index is 12.7. The predicted octanol–water partition coefficient (Wildman–Crippen LogP) is 3.88. The number of fused-ring (bicyclic) bond motifs is 1. The molecule has 0 aliphatic carbocycles. The molecule has 0 atom stereocenters. The molecule has 150 valence electrons. The maximum Gasteiger partial charge on any atom is 0.325 e. The highest BCUT2D eigenvalue weighted by Crippen LogP contribution is 2.25. The molecule has 4 rings (SSSR count). The molecule has 8 heteroatoms. The number of carbonyl (C=O) groups is 2. The van der Waals surface area contributed by atoms with E-state index in [1.54, 1.807) is 21.1 Å². The normalized spacial score (nSPS) is 13.9. The molecule has 1 aliphatic heterocycles. The molecule has 3 amide bonds. The second kappa shape index (κ2) is 8.08. The minimum Gasteiger partial charge on any atom is -0.494 e. The Bertz CT molecular complexity index is 1050. The molecule has 1 saturated heterocycles. The number of aromatic nitrogens is 1. The molecule has 29 heavy (non-hydrogen) atoms. The average molecular weight is 410 g/mol. The van der Waals surface area contributed by atoms with Gasteiger partial charge in [0.1, 0.15) is 12.3 Å². The molecule has 2 aromatic carbocycles. The van der Waals surface area contributed by atoms with Crippen LogP contribution in [-0.4, -0.2) is 48.1 Å². The quantitative estimate of drug-likeness (QED) is 0.669. The van der Waals surface area contributed by atoms with E-state index in [1.165, 1.54) is 0 Å². The number of nitrogens with zero attached hydrogens (tertiary/aromatic N) is 3. The van der Waals surface area contributed by atoms with Gasteiger partial charge in [-0.2, -0.15) is 0 Å². The number of nitrogens with one attached hydrogen (secondary N) is 1. The van der Waals surface area contributed by atoms with E-state index in [-0.39, 0.29) is 18.5 Å². The van der Waals surface area contributed by atoms with Crippen LogP contribution in [0.1, 0.15) is 11.9 Å². The highest BCUT2D eigenvalue weighted by molar-refractivity contribution is 7.18. The molecule has 1 fully saturated rings. The van der Waals surface area contributed by atoms with E-state index in [0.717, 1.165) is 26.7 Å². The monoisotopic (exact) mass is 410 g/mol. The van der Waals surface area contributed by atoms with Crippen molar-refractivity contribution in [2.24, 2.45) is 0 Å². The fourth-order valence-electron chi connectivity index (χ4n) is 3.35. The smallest absolute Gasteiger partial charge is 0.325 e. The molecule has 0 saturated carbocycles. The van der Waals surface area contributed by atoms with Gasteiger partial charge in [-0.05, 0) is 56.3 Å². The average Bonchev–Trinajstić information content (AvgIpc) is 3.24. The third kappa shape index (κ3) is 4.17. The number of amides is 3. The summed E-state index contributed by atoms with van der Waals surface area (Å²) in [5.74, 6) is 0.546. The Morgan fingerprint density at radius 2 is 2.00 bits per heavy atom. The lowest BCUT2D eigenvalue weighted by Crippen LogP contribution is -2.37. The fraction of sp³-hybridized carbons (Fsp3) is 0.286. The second-order valence-corrected chi connectivity index (χ2v) is 7.98. The minimum atomic E-state index is -0.224. The van der Waals surface area contributed by atoms with Crippen molar-refractivity contribution in [1.29, 1.82) is 0 Å². The van der Waals surface area contributed by atoms with Crippen LogP contribution in [0.5, 0.6) is 5.75 Å². The number of anilines is 2. The number of urea groups is 1. The predicted molar refractivity (Wildman–Crippen MR) is 115 cm³/mol. The van der Waals surface area contributed by atoms with Crippen molar-refractivity contribution < 1.29 is 14.3 Å². The number of hydrogen-bond donors (Lipinski definition) is 1. The van der Waals surface area contributed by atoms with Gasteiger partial charge in [-0.1, -0.05) is 0 Å². The first-order valence-electron chi connectivity index (χ1n) is 9.50. The fourth-order valence-corrected chi connectivity index (χ4v) is 4.16. The minimum absolute atomic E-state index is 0.0144. The zero-order chi connectivity index (χ0) is 20.4. The van der Waals surface area contributed by atoms with Crippen molar-refractivity contribution in [2.45, 2.75) is 13.8 Å². The number of ether oxygens (including phenoxy) is 1. The van der Waals surface area contributed by atoms with E-state index in [2.05, 4.69) is 10.3 Å². The molecule has 1 aliphatic rings. The SMILES string of the molecule is CCOc1ccc(N2CCN(CC(=O)Nc3ccc4sc(C)nc4c3)C2=O)cc1. The summed E-state index contributed by atoms with van der Waals surface area (Å²) in [4.78, 5) is 32.8. The van der Waals surface area contributed by atoms with E-state index in [4.69, 9.17) is 4.74 Å². The van der Waals surface area contributed by atoms with Crippen molar-refractivity contribution >= 4 is 44.9 Å². The Morgan fingerprint density at radius 3 is 2.76 bits per heavy atom. The lowest BCUT2D eigenvalue weighted by Gasteiger charge is -2.18. The number of aryl methyl sites for hydroxylation is 1. The molecule has 1 N–H and O–H groups in total. The van der Waals surface area contributed by atoms with Crippen LogP contribution in [0.2, 0.25) is 0 Å². The summed E-state index contributed by atoms with van der Waals surface area (Å²) < 4.78 is 6.52. The highest BCUT2D eigenvalue weighted by Gasteiger charge is 2.30. The van der Waals surface area contributed by atoms with Crippen LogP contribution in [-0.2, 0) is 4.79 Å². The zero-order valence-corrected chi connectivity index (χ0v) is 17.2. The zero-order valence-electron chi connectivity index (χ0n) is 16.3. The Kier molecular flexibility index (Phi) is 5.35. The molecular weight excluding hydrogens is 388 g/mol. The number of hydrogen-bond acceptors (Lipinski definition) is 5. The highest BCUT2D eigenvalue weighted by atomic mass is 32.1. The summed E-state index contributed by atoms with van der Waals surface area (Å²) in [5.41, 5.74) is 2.35. The maximum absolute atomic E-state index is 12.7. The molecule has 2 heterocycles. The molecule has 0 radical (unpaired) electrons. The Labute approximate surface area is 172 Å². The summed E-state index contributed by atoms with van der Waals surface area (Å²) in [6.45, 7) is 5.54. The van der Waals surface area contributed by atoms with E-state index in [0.29, 0.717) is 25.4 Å². The van der Waals surface area contributed by atoms with E-state index in [1.807, 2.05) is 56.3 Å². The van der Waals surface area contributed by atoms with Gasteiger partial charge in [0.2, 0.25) is 5.91 Å². The standard InChI is InChI=1S/C21H22N4O3S/c1-3-28-17-7-5-16(6-8-17)25-11-10-24(21(25)27)13-20(26)23-15-4-9-19-18(12-15)22-14(2)29-19/h4-9,12H,3,10-11,13H2,1-2H3,(H,23,26). The topological polar surface area (TPSA) is 74.8 Å². The molecule has 3 aromatic rings. The van der Waals surface area contributed by atoms with Crippen LogP contribution in [0.4, 0.5) is 16.2 Å². The van der Waals surface area contributed by atoms with Gasteiger partial charge in [-0.3, -0.25) is 9.69 Å². The van der Waals surface area contributed by atoms with Crippen molar-refractivity contribution in [3.63, 3.8) is 0 Å². The number of carbonyl (C=O) groups excluding carboxylic acids is 2. The van der Waals surface area contributed by atoms with E-state index in [9.17, 15) is 9.59 Å². The first kappa shape index (κ1) is 19.2.